The molecule has 1 aliphatic rings. The fourth-order valence-electron chi connectivity index (χ4n) is 2.43. The molecule has 1 saturated heterocycles. The zero-order valence-corrected chi connectivity index (χ0v) is 11.9. The van der Waals surface area contributed by atoms with Crippen molar-refractivity contribution < 1.29 is 0 Å². The molecular formula is C13H23N3S. The van der Waals surface area contributed by atoms with Crippen molar-refractivity contribution in [1.29, 1.82) is 0 Å². The Bertz CT molecular complexity index is 372. The van der Waals surface area contributed by atoms with Crippen molar-refractivity contribution in [2.75, 3.05) is 13.1 Å². The van der Waals surface area contributed by atoms with Crippen LogP contribution < -0.4 is 5.73 Å². The molecule has 2 heterocycles. The lowest BCUT2D eigenvalue weighted by atomic mass is 9.80. The van der Waals surface area contributed by atoms with Crippen LogP contribution in [0.1, 0.15) is 37.9 Å². The highest BCUT2D eigenvalue weighted by atomic mass is 32.1. The van der Waals surface area contributed by atoms with Crippen LogP contribution in [0.3, 0.4) is 0 Å². The van der Waals surface area contributed by atoms with Crippen LogP contribution in [0, 0.1) is 5.41 Å². The Morgan fingerprint density at radius 2 is 2.35 bits per heavy atom. The number of hydrogen-bond acceptors (Lipinski definition) is 4. The topological polar surface area (TPSA) is 42.2 Å². The van der Waals surface area contributed by atoms with Crippen LogP contribution in [0.15, 0.2) is 5.38 Å². The van der Waals surface area contributed by atoms with E-state index < -0.39 is 0 Å². The van der Waals surface area contributed by atoms with E-state index in [1.807, 2.05) is 0 Å². The predicted molar refractivity (Wildman–Crippen MR) is 73.1 cm³/mol. The van der Waals surface area contributed by atoms with Crippen LogP contribution in [0.4, 0.5) is 0 Å². The van der Waals surface area contributed by atoms with E-state index >= 15 is 0 Å². The van der Waals surface area contributed by atoms with Gasteiger partial charge < -0.3 is 5.73 Å². The average Bonchev–Trinajstić information content (AvgIpc) is 2.71. The van der Waals surface area contributed by atoms with Crippen molar-refractivity contribution in [2.24, 2.45) is 11.1 Å². The molecule has 96 valence electrons. The van der Waals surface area contributed by atoms with Gasteiger partial charge in [-0.25, -0.2) is 4.98 Å². The second-order valence-corrected chi connectivity index (χ2v) is 6.62. The monoisotopic (exact) mass is 253 g/mol. The molecule has 0 aliphatic carbocycles. The third-order valence-corrected chi connectivity index (χ3v) is 4.72. The SMILES string of the molecule is CCc1nc(CN2CCC(N)C(C)(C)C2)cs1. The van der Waals surface area contributed by atoms with Crippen LogP contribution in [0.25, 0.3) is 0 Å². The summed E-state index contributed by atoms with van der Waals surface area (Å²) in [4.78, 5) is 7.12. The molecule has 0 spiro atoms. The number of nitrogens with two attached hydrogens (primary N) is 1. The summed E-state index contributed by atoms with van der Waals surface area (Å²) in [6.45, 7) is 9.85. The summed E-state index contributed by atoms with van der Waals surface area (Å²) < 4.78 is 0. The Morgan fingerprint density at radius 1 is 1.59 bits per heavy atom. The molecule has 0 amide bonds. The van der Waals surface area contributed by atoms with Gasteiger partial charge in [-0.15, -0.1) is 11.3 Å². The van der Waals surface area contributed by atoms with Gasteiger partial charge in [0.15, 0.2) is 0 Å². The Labute approximate surface area is 108 Å². The molecule has 0 bridgehead atoms. The number of aryl methyl sites for hydroxylation is 1. The fourth-order valence-corrected chi connectivity index (χ4v) is 3.17. The fraction of sp³-hybridized carbons (Fsp3) is 0.769. The van der Waals surface area contributed by atoms with Gasteiger partial charge in [-0.2, -0.15) is 0 Å². The van der Waals surface area contributed by atoms with Gasteiger partial charge in [-0.05, 0) is 18.3 Å². The maximum atomic E-state index is 6.15. The Hall–Kier alpha value is -0.450. The van der Waals surface area contributed by atoms with Crippen LogP contribution in [0.5, 0.6) is 0 Å². The molecule has 0 aromatic carbocycles. The summed E-state index contributed by atoms with van der Waals surface area (Å²) in [5.41, 5.74) is 7.60. The Morgan fingerprint density at radius 3 is 2.94 bits per heavy atom. The molecule has 0 radical (unpaired) electrons. The molecule has 1 fully saturated rings. The number of hydrogen-bond donors (Lipinski definition) is 1. The molecule has 1 unspecified atom stereocenters. The number of likely N-dealkylation sites (tertiary alicyclic amines) is 1. The van der Waals surface area contributed by atoms with Gasteiger partial charge in [-0.3, -0.25) is 4.90 Å². The van der Waals surface area contributed by atoms with Crippen LogP contribution >= 0.6 is 11.3 Å². The van der Waals surface area contributed by atoms with Crippen molar-refractivity contribution >= 4 is 11.3 Å². The molecule has 1 aliphatic heterocycles. The highest BCUT2D eigenvalue weighted by Gasteiger charge is 2.33. The van der Waals surface area contributed by atoms with Gasteiger partial charge in [0, 0.05) is 31.1 Å². The van der Waals surface area contributed by atoms with Crippen LogP contribution in [-0.2, 0) is 13.0 Å². The summed E-state index contributed by atoms with van der Waals surface area (Å²) in [5.74, 6) is 0. The first-order valence-corrected chi connectivity index (χ1v) is 7.30. The third-order valence-electron chi connectivity index (χ3n) is 3.68. The van der Waals surface area contributed by atoms with E-state index in [1.54, 1.807) is 11.3 Å². The van der Waals surface area contributed by atoms with E-state index in [1.165, 1.54) is 10.7 Å². The molecule has 1 atom stereocenters. The standard InChI is InChI=1S/C13H23N3S/c1-4-12-15-10(8-17-12)7-16-6-5-11(14)13(2,3)9-16/h8,11H,4-7,9,14H2,1-3H3. The minimum Gasteiger partial charge on any atom is -0.327 e. The molecule has 2 N–H and O–H groups in total. The smallest absolute Gasteiger partial charge is 0.0926 e. The highest BCUT2D eigenvalue weighted by molar-refractivity contribution is 7.09. The van der Waals surface area contributed by atoms with Gasteiger partial charge in [-0.1, -0.05) is 20.8 Å². The number of thiazole rings is 1. The predicted octanol–water partition coefficient (Wildman–Crippen LogP) is 2.26. The lowest BCUT2D eigenvalue weighted by Crippen LogP contribution is -2.52. The van der Waals surface area contributed by atoms with E-state index in [2.05, 4.69) is 36.0 Å². The largest absolute Gasteiger partial charge is 0.327 e. The van der Waals surface area contributed by atoms with Gasteiger partial charge >= 0.3 is 0 Å². The number of nitrogens with zero attached hydrogens (tertiary/aromatic N) is 2. The second-order valence-electron chi connectivity index (χ2n) is 5.68. The third kappa shape index (κ3) is 3.06. The molecule has 17 heavy (non-hydrogen) atoms. The first-order valence-electron chi connectivity index (χ1n) is 6.42. The molecular weight excluding hydrogens is 230 g/mol. The minimum absolute atomic E-state index is 0.224. The maximum absolute atomic E-state index is 6.15. The Kier molecular flexibility index (Phi) is 3.85. The summed E-state index contributed by atoms with van der Waals surface area (Å²) in [7, 11) is 0. The van der Waals surface area contributed by atoms with Gasteiger partial charge in [0.25, 0.3) is 0 Å². The molecule has 2 rings (SSSR count). The first kappa shape index (κ1) is 13.0. The van der Waals surface area contributed by atoms with Crippen molar-refractivity contribution in [3.8, 4) is 0 Å². The van der Waals surface area contributed by atoms with Crippen LogP contribution in [-0.4, -0.2) is 29.0 Å². The quantitative estimate of drug-likeness (QED) is 0.898. The summed E-state index contributed by atoms with van der Waals surface area (Å²) in [6, 6.07) is 0.334. The van der Waals surface area contributed by atoms with Gasteiger partial charge in [0.2, 0.25) is 0 Å². The zero-order valence-electron chi connectivity index (χ0n) is 11.1. The molecule has 1 aromatic rings. The maximum Gasteiger partial charge on any atom is 0.0926 e. The number of piperidine rings is 1. The summed E-state index contributed by atoms with van der Waals surface area (Å²) >= 11 is 1.78. The van der Waals surface area contributed by atoms with Crippen molar-refractivity contribution in [3.63, 3.8) is 0 Å². The molecule has 3 nitrogen and oxygen atoms in total. The normalized spacial score (nSPS) is 25.1. The van der Waals surface area contributed by atoms with E-state index in [4.69, 9.17) is 5.73 Å². The lowest BCUT2D eigenvalue weighted by molar-refractivity contribution is 0.0890. The molecule has 0 saturated carbocycles. The first-order chi connectivity index (χ1) is 8.01. The lowest BCUT2D eigenvalue weighted by Gasteiger charge is -2.42. The molecule has 1 aromatic heterocycles. The average molecular weight is 253 g/mol. The van der Waals surface area contributed by atoms with Gasteiger partial charge in [0.1, 0.15) is 0 Å². The Balaban J connectivity index is 1.96. The van der Waals surface area contributed by atoms with Crippen molar-refractivity contribution in [2.45, 2.75) is 46.2 Å². The second kappa shape index (κ2) is 5.04. The highest BCUT2D eigenvalue weighted by Crippen LogP contribution is 2.28. The van der Waals surface area contributed by atoms with E-state index in [0.29, 0.717) is 6.04 Å². The summed E-state index contributed by atoms with van der Waals surface area (Å²) in [6.07, 6.45) is 2.14. The van der Waals surface area contributed by atoms with E-state index in [-0.39, 0.29) is 5.41 Å². The van der Waals surface area contributed by atoms with Crippen LogP contribution in [0.2, 0.25) is 0 Å². The number of aromatic nitrogens is 1. The minimum atomic E-state index is 0.224. The number of rotatable bonds is 3. The zero-order chi connectivity index (χ0) is 12.5. The van der Waals surface area contributed by atoms with Crippen molar-refractivity contribution in [1.82, 2.24) is 9.88 Å². The van der Waals surface area contributed by atoms with Crippen molar-refractivity contribution in [3.05, 3.63) is 16.1 Å². The van der Waals surface area contributed by atoms with E-state index in [0.717, 1.165) is 32.5 Å². The van der Waals surface area contributed by atoms with E-state index in [9.17, 15) is 0 Å². The van der Waals surface area contributed by atoms with Gasteiger partial charge in [0.05, 0.1) is 10.7 Å². The molecule has 4 heteroatoms. The summed E-state index contributed by atoms with van der Waals surface area (Å²) in [5, 5.41) is 3.44.